The average molecular weight is 158 g/mol. The molecule has 1 saturated heterocycles. The summed E-state index contributed by atoms with van der Waals surface area (Å²) in [4.78, 5) is 14.6. The van der Waals surface area contributed by atoms with E-state index >= 15 is 0 Å². The summed E-state index contributed by atoms with van der Waals surface area (Å²) in [5.74, 6) is 0. The molecule has 1 amide bonds. The third kappa shape index (κ3) is 2.38. The van der Waals surface area contributed by atoms with Gasteiger partial charge in [0.2, 0.25) is 0 Å². The summed E-state index contributed by atoms with van der Waals surface area (Å²) in [5, 5.41) is 0. The van der Waals surface area contributed by atoms with Crippen LogP contribution in [0.5, 0.6) is 0 Å². The number of hydrogen-bond donors (Lipinski definition) is 0. The summed E-state index contributed by atoms with van der Waals surface area (Å²) in [5.41, 5.74) is 0. The average Bonchev–Trinajstić information content (AvgIpc) is 2.31. The first-order valence-electron chi connectivity index (χ1n) is 3.76. The van der Waals surface area contributed by atoms with E-state index in [4.69, 9.17) is 4.74 Å². The SMILES string of the molecule is CN(C)CCN1CCOC1=O. The highest BCUT2D eigenvalue weighted by Crippen LogP contribution is 2.01. The van der Waals surface area contributed by atoms with Crippen LogP contribution in [-0.2, 0) is 4.74 Å². The number of carbonyl (C=O) groups excluding carboxylic acids is 1. The van der Waals surface area contributed by atoms with Gasteiger partial charge in [0, 0.05) is 13.1 Å². The Labute approximate surface area is 66.7 Å². The number of hydrogen-bond acceptors (Lipinski definition) is 3. The highest BCUT2D eigenvalue weighted by Gasteiger charge is 2.20. The molecule has 1 aliphatic heterocycles. The minimum atomic E-state index is -0.174. The third-order valence-corrected chi connectivity index (χ3v) is 1.66. The van der Waals surface area contributed by atoms with Crippen molar-refractivity contribution in [2.45, 2.75) is 0 Å². The van der Waals surface area contributed by atoms with Crippen molar-refractivity contribution in [2.24, 2.45) is 0 Å². The predicted octanol–water partition coefficient (Wildman–Crippen LogP) is 0.000200. The smallest absolute Gasteiger partial charge is 0.409 e. The monoisotopic (exact) mass is 158 g/mol. The standard InChI is InChI=1S/C7H14N2O2/c1-8(2)3-4-9-5-6-11-7(9)10/h3-6H2,1-2H3. The van der Waals surface area contributed by atoms with Crippen LogP contribution in [0.2, 0.25) is 0 Å². The van der Waals surface area contributed by atoms with E-state index in [0.717, 1.165) is 19.6 Å². The Kier molecular flexibility index (Phi) is 2.70. The molecule has 0 bridgehead atoms. The van der Waals surface area contributed by atoms with Crippen LogP contribution in [0.25, 0.3) is 0 Å². The zero-order valence-corrected chi connectivity index (χ0v) is 7.04. The first-order valence-corrected chi connectivity index (χ1v) is 3.76. The molecule has 64 valence electrons. The molecule has 0 radical (unpaired) electrons. The third-order valence-electron chi connectivity index (χ3n) is 1.66. The van der Waals surface area contributed by atoms with Crippen LogP contribution in [0, 0.1) is 0 Å². The van der Waals surface area contributed by atoms with Crippen molar-refractivity contribution in [3.8, 4) is 0 Å². The van der Waals surface area contributed by atoms with Crippen molar-refractivity contribution in [1.29, 1.82) is 0 Å². The lowest BCUT2D eigenvalue weighted by atomic mass is 10.5. The van der Waals surface area contributed by atoms with Gasteiger partial charge in [0.1, 0.15) is 6.61 Å². The fourth-order valence-corrected chi connectivity index (χ4v) is 0.950. The van der Waals surface area contributed by atoms with Crippen molar-refractivity contribution in [3.63, 3.8) is 0 Å². The number of amides is 1. The van der Waals surface area contributed by atoms with Crippen LogP contribution >= 0.6 is 0 Å². The summed E-state index contributed by atoms with van der Waals surface area (Å²) < 4.78 is 4.77. The van der Waals surface area contributed by atoms with Gasteiger partial charge in [-0.15, -0.1) is 0 Å². The molecule has 4 nitrogen and oxygen atoms in total. The van der Waals surface area contributed by atoms with Gasteiger partial charge in [-0.25, -0.2) is 4.79 Å². The number of cyclic esters (lactones) is 1. The summed E-state index contributed by atoms with van der Waals surface area (Å²) in [6.07, 6.45) is -0.174. The van der Waals surface area contributed by atoms with Crippen molar-refractivity contribution in [1.82, 2.24) is 9.80 Å². The second kappa shape index (κ2) is 3.57. The van der Waals surface area contributed by atoms with Gasteiger partial charge < -0.3 is 14.5 Å². The van der Waals surface area contributed by atoms with Gasteiger partial charge in [-0.2, -0.15) is 0 Å². The largest absolute Gasteiger partial charge is 0.448 e. The molecule has 0 unspecified atom stereocenters. The molecule has 1 rings (SSSR count). The van der Waals surface area contributed by atoms with Gasteiger partial charge in [-0.05, 0) is 14.1 Å². The quantitative estimate of drug-likeness (QED) is 0.579. The maximum Gasteiger partial charge on any atom is 0.409 e. The van der Waals surface area contributed by atoms with Crippen molar-refractivity contribution in [2.75, 3.05) is 40.3 Å². The van der Waals surface area contributed by atoms with E-state index in [1.807, 2.05) is 19.0 Å². The number of carbonyl (C=O) groups is 1. The van der Waals surface area contributed by atoms with E-state index in [-0.39, 0.29) is 6.09 Å². The number of ether oxygens (including phenoxy) is 1. The lowest BCUT2D eigenvalue weighted by Crippen LogP contribution is -2.32. The lowest BCUT2D eigenvalue weighted by molar-refractivity contribution is 0.156. The second-order valence-corrected chi connectivity index (χ2v) is 2.90. The van der Waals surface area contributed by atoms with Crippen LogP contribution in [0.4, 0.5) is 4.79 Å². The number of likely N-dealkylation sites (N-methyl/N-ethyl adjacent to an activating group) is 1. The fraction of sp³-hybridized carbons (Fsp3) is 0.857. The molecule has 1 fully saturated rings. The van der Waals surface area contributed by atoms with E-state index in [1.165, 1.54) is 0 Å². The molecule has 0 spiro atoms. The van der Waals surface area contributed by atoms with E-state index in [1.54, 1.807) is 4.90 Å². The van der Waals surface area contributed by atoms with E-state index in [2.05, 4.69) is 0 Å². The van der Waals surface area contributed by atoms with Crippen LogP contribution in [0.3, 0.4) is 0 Å². The lowest BCUT2D eigenvalue weighted by Gasteiger charge is -2.15. The fourth-order valence-electron chi connectivity index (χ4n) is 0.950. The molecule has 0 saturated carbocycles. The zero-order chi connectivity index (χ0) is 8.27. The zero-order valence-electron chi connectivity index (χ0n) is 7.04. The van der Waals surface area contributed by atoms with Gasteiger partial charge in [0.05, 0.1) is 6.54 Å². The Morgan fingerprint density at radius 2 is 2.36 bits per heavy atom. The van der Waals surface area contributed by atoms with E-state index in [9.17, 15) is 4.79 Å². The minimum Gasteiger partial charge on any atom is -0.448 e. The first-order chi connectivity index (χ1) is 5.20. The molecule has 0 atom stereocenters. The molecular weight excluding hydrogens is 144 g/mol. The highest BCUT2D eigenvalue weighted by atomic mass is 16.6. The minimum absolute atomic E-state index is 0.174. The molecule has 1 heterocycles. The molecule has 0 aliphatic carbocycles. The van der Waals surface area contributed by atoms with Crippen molar-refractivity contribution < 1.29 is 9.53 Å². The Morgan fingerprint density at radius 3 is 2.82 bits per heavy atom. The Hall–Kier alpha value is -0.770. The number of rotatable bonds is 3. The highest BCUT2D eigenvalue weighted by molar-refractivity contribution is 5.69. The van der Waals surface area contributed by atoms with Crippen LogP contribution < -0.4 is 0 Å². The molecule has 0 aromatic rings. The van der Waals surface area contributed by atoms with Gasteiger partial charge >= 0.3 is 6.09 Å². The predicted molar refractivity (Wildman–Crippen MR) is 41.5 cm³/mol. The maximum atomic E-state index is 10.9. The maximum absolute atomic E-state index is 10.9. The molecule has 0 aromatic carbocycles. The van der Waals surface area contributed by atoms with Crippen LogP contribution in [0.15, 0.2) is 0 Å². The van der Waals surface area contributed by atoms with E-state index in [0.29, 0.717) is 6.61 Å². The summed E-state index contributed by atoms with van der Waals surface area (Å²) in [6, 6.07) is 0. The van der Waals surface area contributed by atoms with Gasteiger partial charge in [0.25, 0.3) is 0 Å². The second-order valence-electron chi connectivity index (χ2n) is 2.90. The van der Waals surface area contributed by atoms with E-state index < -0.39 is 0 Å². The normalized spacial score (nSPS) is 17.7. The summed E-state index contributed by atoms with van der Waals surface area (Å²) in [6.45, 7) is 2.96. The number of nitrogens with zero attached hydrogens (tertiary/aromatic N) is 2. The van der Waals surface area contributed by atoms with Crippen molar-refractivity contribution in [3.05, 3.63) is 0 Å². The molecule has 0 aromatic heterocycles. The summed E-state index contributed by atoms with van der Waals surface area (Å²) in [7, 11) is 3.98. The molecule has 0 N–H and O–H groups in total. The van der Waals surface area contributed by atoms with Crippen molar-refractivity contribution >= 4 is 6.09 Å². The van der Waals surface area contributed by atoms with Gasteiger partial charge in [-0.1, -0.05) is 0 Å². The Morgan fingerprint density at radius 1 is 1.64 bits per heavy atom. The molecular formula is C7H14N2O2. The van der Waals surface area contributed by atoms with Gasteiger partial charge in [-0.3, -0.25) is 0 Å². The molecule has 11 heavy (non-hydrogen) atoms. The Balaban J connectivity index is 2.20. The molecule has 1 aliphatic rings. The van der Waals surface area contributed by atoms with Gasteiger partial charge in [0.15, 0.2) is 0 Å². The topological polar surface area (TPSA) is 32.8 Å². The summed E-state index contributed by atoms with van der Waals surface area (Å²) >= 11 is 0. The molecule has 4 heteroatoms. The van der Waals surface area contributed by atoms with Crippen LogP contribution in [-0.4, -0.2) is 56.2 Å². The Bertz CT molecular complexity index is 147. The van der Waals surface area contributed by atoms with Crippen LogP contribution in [0.1, 0.15) is 0 Å². The first kappa shape index (κ1) is 8.33.